The quantitative estimate of drug-likeness (QED) is 0.456. The summed E-state index contributed by atoms with van der Waals surface area (Å²) >= 11 is 6.39. The van der Waals surface area contributed by atoms with Gasteiger partial charge in [-0.05, 0) is 55.5 Å². The molecule has 1 aromatic heterocycles. The Hall–Kier alpha value is -3.59. The number of H-pyrrole nitrogens is 1. The van der Waals surface area contributed by atoms with Crippen molar-refractivity contribution in [2.75, 3.05) is 12.4 Å². The SMILES string of the molecule is COc1cc(-n2nc(-c3cc(CNC(=O)C4CC4)ccc3Cl)[nH]c2=O)ccc1NC(=O)C1CC1. The molecule has 0 saturated heterocycles. The maximum Gasteiger partial charge on any atom is 0.348 e. The molecule has 2 aromatic carbocycles. The molecule has 2 fully saturated rings. The zero-order valence-corrected chi connectivity index (χ0v) is 19.3. The summed E-state index contributed by atoms with van der Waals surface area (Å²) in [5, 5.41) is 10.6. The summed E-state index contributed by atoms with van der Waals surface area (Å²) in [5.41, 5.74) is 1.96. The Kier molecular flexibility index (Phi) is 5.87. The molecular formula is C24H24ClN5O4. The van der Waals surface area contributed by atoms with Crippen LogP contribution < -0.4 is 21.1 Å². The third-order valence-electron chi connectivity index (χ3n) is 5.95. The molecule has 34 heavy (non-hydrogen) atoms. The van der Waals surface area contributed by atoms with Gasteiger partial charge in [0.25, 0.3) is 0 Å². The van der Waals surface area contributed by atoms with Crippen LogP contribution >= 0.6 is 11.6 Å². The Morgan fingerprint density at radius 2 is 1.85 bits per heavy atom. The van der Waals surface area contributed by atoms with Crippen molar-refractivity contribution in [1.29, 1.82) is 0 Å². The van der Waals surface area contributed by atoms with Crippen molar-refractivity contribution in [2.45, 2.75) is 32.2 Å². The van der Waals surface area contributed by atoms with Crippen molar-refractivity contribution in [2.24, 2.45) is 11.8 Å². The highest BCUT2D eigenvalue weighted by Crippen LogP contribution is 2.33. The molecular weight excluding hydrogens is 458 g/mol. The van der Waals surface area contributed by atoms with Gasteiger partial charge in [-0.15, -0.1) is 5.10 Å². The van der Waals surface area contributed by atoms with Crippen LogP contribution in [-0.2, 0) is 16.1 Å². The molecule has 0 radical (unpaired) electrons. The van der Waals surface area contributed by atoms with E-state index in [1.807, 2.05) is 6.07 Å². The Morgan fingerprint density at radius 3 is 2.56 bits per heavy atom. The lowest BCUT2D eigenvalue weighted by Gasteiger charge is -2.11. The number of carbonyl (C=O) groups is 2. The molecule has 2 aliphatic rings. The van der Waals surface area contributed by atoms with E-state index >= 15 is 0 Å². The van der Waals surface area contributed by atoms with Gasteiger partial charge in [0, 0.05) is 30.0 Å². The van der Waals surface area contributed by atoms with Gasteiger partial charge in [-0.25, -0.2) is 4.79 Å². The van der Waals surface area contributed by atoms with Crippen molar-refractivity contribution in [3.05, 3.63) is 57.5 Å². The molecule has 2 amide bonds. The van der Waals surface area contributed by atoms with E-state index in [1.165, 1.54) is 11.8 Å². The van der Waals surface area contributed by atoms with E-state index in [2.05, 4.69) is 20.7 Å². The number of anilines is 1. The molecule has 3 aromatic rings. The molecule has 0 bridgehead atoms. The zero-order valence-electron chi connectivity index (χ0n) is 18.6. The number of benzene rings is 2. The van der Waals surface area contributed by atoms with Gasteiger partial charge in [-0.1, -0.05) is 17.7 Å². The van der Waals surface area contributed by atoms with E-state index in [1.54, 1.807) is 30.3 Å². The number of hydrogen-bond acceptors (Lipinski definition) is 5. The van der Waals surface area contributed by atoms with Gasteiger partial charge in [0.2, 0.25) is 11.8 Å². The topological polar surface area (TPSA) is 118 Å². The lowest BCUT2D eigenvalue weighted by molar-refractivity contribution is -0.122. The number of aromatic amines is 1. The lowest BCUT2D eigenvalue weighted by Crippen LogP contribution is -2.24. The van der Waals surface area contributed by atoms with Gasteiger partial charge in [-0.3, -0.25) is 14.6 Å². The van der Waals surface area contributed by atoms with E-state index in [4.69, 9.17) is 16.3 Å². The van der Waals surface area contributed by atoms with Gasteiger partial charge >= 0.3 is 5.69 Å². The van der Waals surface area contributed by atoms with Crippen LogP contribution in [0.5, 0.6) is 5.75 Å². The Morgan fingerprint density at radius 1 is 1.12 bits per heavy atom. The number of rotatable bonds is 8. The first-order chi connectivity index (χ1) is 16.4. The first-order valence-corrected chi connectivity index (χ1v) is 11.6. The van der Waals surface area contributed by atoms with Crippen LogP contribution in [0.25, 0.3) is 17.1 Å². The molecule has 0 atom stereocenters. The minimum Gasteiger partial charge on any atom is -0.494 e. The molecule has 2 aliphatic carbocycles. The van der Waals surface area contributed by atoms with E-state index in [0.717, 1.165) is 31.2 Å². The van der Waals surface area contributed by atoms with E-state index in [9.17, 15) is 14.4 Å². The second kappa shape index (κ2) is 8.98. The molecule has 2 saturated carbocycles. The first kappa shape index (κ1) is 22.2. The molecule has 3 N–H and O–H groups in total. The van der Waals surface area contributed by atoms with Crippen LogP contribution in [0, 0.1) is 11.8 Å². The smallest absolute Gasteiger partial charge is 0.348 e. The van der Waals surface area contributed by atoms with Gasteiger partial charge < -0.3 is 15.4 Å². The summed E-state index contributed by atoms with van der Waals surface area (Å²) in [7, 11) is 1.50. The summed E-state index contributed by atoms with van der Waals surface area (Å²) < 4.78 is 6.63. The van der Waals surface area contributed by atoms with E-state index in [0.29, 0.717) is 40.1 Å². The number of carbonyl (C=O) groups excluding carboxylic acids is 2. The van der Waals surface area contributed by atoms with Gasteiger partial charge in [0.05, 0.1) is 23.5 Å². The van der Waals surface area contributed by atoms with Crippen LogP contribution in [0.2, 0.25) is 5.02 Å². The molecule has 10 heteroatoms. The summed E-state index contributed by atoms with van der Waals surface area (Å²) in [5.74, 6) is 0.936. The van der Waals surface area contributed by atoms with E-state index < -0.39 is 5.69 Å². The second-order valence-corrected chi connectivity index (χ2v) is 9.05. The first-order valence-electron chi connectivity index (χ1n) is 11.2. The van der Waals surface area contributed by atoms with Crippen molar-refractivity contribution in [3.8, 4) is 22.8 Å². The summed E-state index contributed by atoms with van der Waals surface area (Å²) in [6, 6.07) is 10.4. The number of methoxy groups -OCH3 is 1. The van der Waals surface area contributed by atoms with Crippen molar-refractivity contribution in [1.82, 2.24) is 20.1 Å². The zero-order chi connectivity index (χ0) is 23.8. The molecule has 0 aliphatic heterocycles. The van der Waals surface area contributed by atoms with Crippen LogP contribution in [0.3, 0.4) is 0 Å². The highest BCUT2D eigenvalue weighted by molar-refractivity contribution is 6.33. The number of nitrogens with zero attached hydrogens (tertiary/aromatic N) is 2. The lowest BCUT2D eigenvalue weighted by atomic mass is 10.1. The summed E-state index contributed by atoms with van der Waals surface area (Å²) in [6.45, 7) is 0.371. The van der Waals surface area contributed by atoms with Crippen molar-refractivity contribution >= 4 is 29.1 Å². The number of hydrogen-bond donors (Lipinski definition) is 3. The van der Waals surface area contributed by atoms with Crippen LogP contribution in [0.4, 0.5) is 5.69 Å². The summed E-state index contributed by atoms with van der Waals surface area (Å²) in [6.07, 6.45) is 3.67. The number of amides is 2. The Balaban J connectivity index is 1.39. The molecule has 0 unspecified atom stereocenters. The maximum absolute atomic E-state index is 12.7. The predicted octanol–water partition coefficient (Wildman–Crippen LogP) is 3.26. The summed E-state index contributed by atoms with van der Waals surface area (Å²) in [4.78, 5) is 39.5. The van der Waals surface area contributed by atoms with Crippen LogP contribution in [0.15, 0.2) is 41.2 Å². The van der Waals surface area contributed by atoms with Crippen LogP contribution in [-0.4, -0.2) is 33.7 Å². The van der Waals surface area contributed by atoms with Crippen molar-refractivity contribution in [3.63, 3.8) is 0 Å². The third-order valence-corrected chi connectivity index (χ3v) is 6.28. The number of ether oxygens (including phenoxy) is 1. The third kappa shape index (κ3) is 4.70. The molecule has 5 rings (SSSR count). The van der Waals surface area contributed by atoms with Crippen LogP contribution in [0.1, 0.15) is 31.2 Å². The molecule has 176 valence electrons. The van der Waals surface area contributed by atoms with E-state index in [-0.39, 0.29) is 23.7 Å². The highest BCUT2D eigenvalue weighted by Gasteiger charge is 2.30. The molecule has 9 nitrogen and oxygen atoms in total. The predicted molar refractivity (Wildman–Crippen MR) is 127 cm³/mol. The normalized spacial score (nSPS) is 15.1. The molecule has 0 spiro atoms. The monoisotopic (exact) mass is 481 g/mol. The average molecular weight is 482 g/mol. The Bertz CT molecular complexity index is 1320. The van der Waals surface area contributed by atoms with Gasteiger partial charge in [0.15, 0.2) is 5.82 Å². The molecule has 1 heterocycles. The largest absolute Gasteiger partial charge is 0.494 e. The Labute approximate surface area is 200 Å². The standard InChI is InChI=1S/C24H24ClN5O4/c1-34-20-11-16(7-9-19(20)27-23(32)15-5-6-15)30-24(33)28-21(29-30)17-10-13(2-8-18(17)25)12-26-22(31)14-3-4-14/h2,7-11,14-15H,3-6,12H2,1H3,(H,26,31)(H,27,32)(H,28,29,33). The number of aromatic nitrogens is 3. The fourth-order valence-electron chi connectivity index (χ4n) is 3.66. The fraction of sp³-hybridized carbons (Fsp3) is 0.333. The maximum atomic E-state index is 12.7. The number of halogens is 1. The second-order valence-electron chi connectivity index (χ2n) is 8.64. The fourth-order valence-corrected chi connectivity index (χ4v) is 3.87. The van der Waals surface area contributed by atoms with Crippen molar-refractivity contribution < 1.29 is 14.3 Å². The minimum atomic E-state index is -0.449. The minimum absolute atomic E-state index is 0.0342. The highest BCUT2D eigenvalue weighted by atomic mass is 35.5. The number of nitrogens with one attached hydrogen (secondary N) is 3. The average Bonchev–Trinajstić information content (AvgIpc) is 3.75. The van der Waals surface area contributed by atoms with Gasteiger partial charge in [0.1, 0.15) is 5.75 Å². The van der Waals surface area contributed by atoms with Gasteiger partial charge in [-0.2, -0.15) is 4.68 Å².